The van der Waals surface area contributed by atoms with Crippen LogP contribution in [0.25, 0.3) is 10.8 Å². The minimum absolute atomic E-state index is 0.358. The van der Waals surface area contributed by atoms with Crippen LogP contribution in [0.2, 0.25) is 5.02 Å². The molecular weight excluding hydrogens is 284 g/mol. The molecule has 2 atom stereocenters. The maximum atomic E-state index is 6.12. The van der Waals surface area contributed by atoms with Gasteiger partial charge in [-0.1, -0.05) is 17.7 Å². The Hall–Kier alpha value is -1.29. The second-order valence-electron chi connectivity index (χ2n) is 5.88. The second kappa shape index (κ2) is 5.84. The molecule has 0 spiro atoms. The highest BCUT2D eigenvalue weighted by molar-refractivity contribution is 6.31. The van der Waals surface area contributed by atoms with Crippen molar-refractivity contribution in [1.82, 2.24) is 4.90 Å². The first kappa shape index (κ1) is 14.6. The fraction of sp³-hybridized carbons (Fsp3) is 0.412. The Morgan fingerprint density at radius 3 is 2.76 bits per heavy atom. The van der Waals surface area contributed by atoms with Crippen LogP contribution in [0.15, 0.2) is 30.3 Å². The summed E-state index contributed by atoms with van der Waals surface area (Å²) in [5, 5.41) is 3.07. The van der Waals surface area contributed by atoms with E-state index in [-0.39, 0.29) is 0 Å². The number of hydrogen-bond donors (Lipinski definition) is 1. The van der Waals surface area contributed by atoms with E-state index in [0.717, 1.165) is 41.1 Å². The van der Waals surface area contributed by atoms with Gasteiger partial charge in [0.2, 0.25) is 0 Å². The van der Waals surface area contributed by atoms with Crippen LogP contribution in [-0.2, 0) is 0 Å². The minimum atomic E-state index is 0.358. The molecule has 1 saturated heterocycles. The largest absolute Gasteiger partial charge is 0.496 e. The number of rotatable bonds is 3. The standard InChI is InChI=1S/C17H21ClN2O/c1-20-10-11(9-19)5-16(20)15-7-13-6-14(18)4-3-12(13)8-17(15)21-2/h3-4,6-8,11,16H,5,9-10,19H2,1-2H3. The zero-order chi connectivity index (χ0) is 15.0. The summed E-state index contributed by atoms with van der Waals surface area (Å²) in [6.07, 6.45) is 1.08. The summed E-state index contributed by atoms with van der Waals surface area (Å²) in [4.78, 5) is 2.37. The van der Waals surface area contributed by atoms with E-state index in [4.69, 9.17) is 22.1 Å². The van der Waals surface area contributed by atoms with Crippen LogP contribution in [0.3, 0.4) is 0 Å². The van der Waals surface area contributed by atoms with Crippen molar-refractivity contribution in [2.75, 3.05) is 27.2 Å². The van der Waals surface area contributed by atoms with Crippen molar-refractivity contribution < 1.29 is 4.74 Å². The summed E-state index contributed by atoms with van der Waals surface area (Å²) in [6.45, 7) is 1.78. The first-order valence-electron chi connectivity index (χ1n) is 7.30. The van der Waals surface area contributed by atoms with Crippen molar-refractivity contribution in [2.24, 2.45) is 11.7 Å². The zero-order valence-corrected chi connectivity index (χ0v) is 13.2. The maximum absolute atomic E-state index is 6.12. The van der Waals surface area contributed by atoms with Gasteiger partial charge < -0.3 is 10.5 Å². The number of likely N-dealkylation sites (tertiary alicyclic amines) is 1. The highest BCUT2D eigenvalue weighted by atomic mass is 35.5. The molecule has 0 aromatic heterocycles. The third-order valence-electron chi connectivity index (χ3n) is 4.48. The fourth-order valence-electron chi connectivity index (χ4n) is 3.34. The average Bonchev–Trinajstić information content (AvgIpc) is 2.86. The number of hydrogen-bond acceptors (Lipinski definition) is 3. The smallest absolute Gasteiger partial charge is 0.124 e. The zero-order valence-electron chi connectivity index (χ0n) is 12.5. The van der Waals surface area contributed by atoms with Crippen LogP contribution in [0.4, 0.5) is 0 Å². The van der Waals surface area contributed by atoms with E-state index in [9.17, 15) is 0 Å². The Balaban J connectivity index is 2.08. The van der Waals surface area contributed by atoms with Gasteiger partial charge in [0.25, 0.3) is 0 Å². The van der Waals surface area contributed by atoms with E-state index in [1.54, 1.807) is 7.11 Å². The summed E-state index contributed by atoms with van der Waals surface area (Å²) in [5.74, 6) is 1.50. The predicted molar refractivity (Wildman–Crippen MR) is 88.0 cm³/mol. The topological polar surface area (TPSA) is 38.5 Å². The van der Waals surface area contributed by atoms with Gasteiger partial charge in [-0.15, -0.1) is 0 Å². The molecule has 3 nitrogen and oxygen atoms in total. The lowest BCUT2D eigenvalue weighted by Gasteiger charge is -2.22. The van der Waals surface area contributed by atoms with Gasteiger partial charge in [-0.2, -0.15) is 0 Å². The van der Waals surface area contributed by atoms with Gasteiger partial charge in [0.15, 0.2) is 0 Å². The molecular formula is C17H21ClN2O. The summed E-state index contributed by atoms with van der Waals surface area (Å²) in [5.41, 5.74) is 7.07. The Kier molecular flexibility index (Phi) is 4.07. The van der Waals surface area contributed by atoms with Gasteiger partial charge in [-0.3, -0.25) is 4.90 Å². The van der Waals surface area contributed by atoms with Crippen molar-refractivity contribution in [1.29, 1.82) is 0 Å². The van der Waals surface area contributed by atoms with Crippen molar-refractivity contribution in [2.45, 2.75) is 12.5 Å². The molecule has 1 heterocycles. The predicted octanol–water partition coefficient (Wildman–Crippen LogP) is 3.45. The average molecular weight is 305 g/mol. The highest BCUT2D eigenvalue weighted by Gasteiger charge is 2.31. The molecule has 1 fully saturated rings. The van der Waals surface area contributed by atoms with Crippen molar-refractivity contribution in [3.8, 4) is 5.75 Å². The Morgan fingerprint density at radius 2 is 2.10 bits per heavy atom. The number of nitrogens with two attached hydrogens (primary N) is 1. The van der Waals surface area contributed by atoms with E-state index >= 15 is 0 Å². The van der Waals surface area contributed by atoms with Crippen molar-refractivity contribution >= 4 is 22.4 Å². The Labute approximate surface area is 130 Å². The molecule has 112 valence electrons. The molecule has 0 radical (unpaired) electrons. The lowest BCUT2D eigenvalue weighted by atomic mass is 9.96. The van der Waals surface area contributed by atoms with E-state index < -0.39 is 0 Å². The second-order valence-corrected chi connectivity index (χ2v) is 6.31. The third kappa shape index (κ3) is 2.73. The molecule has 21 heavy (non-hydrogen) atoms. The van der Waals surface area contributed by atoms with E-state index in [0.29, 0.717) is 12.0 Å². The molecule has 2 unspecified atom stereocenters. The SMILES string of the molecule is COc1cc2ccc(Cl)cc2cc1C1CC(CN)CN1C. The first-order chi connectivity index (χ1) is 10.1. The molecule has 2 aromatic rings. The molecule has 1 aliphatic rings. The van der Waals surface area contributed by atoms with Gasteiger partial charge in [-0.25, -0.2) is 0 Å². The van der Waals surface area contributed by atoms with Crippen LogP contribution in [0.1, 0.15) is 18.0 Å². The van der Waals surface area contributed by atoms with Gasteiger partial charge in [-0.05, 0) is 61.0 Å². The van der Waals surface area contributed by atoms with Gasteiger partial charge in [0, 0.05) is 23.2 Å². The van der Waals surface area contributed by atoms with Crippen LogP contribution in [0.5, 0.6) is 5.75 Å². The maximum Gasteiger partial charge on any atom is 0.124 e. The quantitative estimate of drug-likeness (QED) is 0.944. The third-order valence-corrected chi connectivity index (χ3v) is 4.71. The lowest BCUT2D eigenvalue weighted by molar-refractivity contribution is 0.303. The number of halogens is 1. The fourth-order valence-corrected chi connectivity index (χ4v) is 3.52. The lowest BCUT2D eigenvalue weighted by Crippen LogP contribution is -2.20. The van der Waals surface area contributed by atoms with Gasteiger partial charge in [0.1, 0.15) is 5.75 Å². The monoisotopic (exact) mass is 304 g/mol. The van der Waals surface area contributed by atoms with Crippen LogP contribution in [-0.4, -0.2) is 32.1 Å². The first-order valence-corrected chi connectivity index (χ1v) is 7.67. The van der Waals surface area contributed by atoms with E-state index in [2.05, 4.69) is 24.1 Å². The number of ether oxygens (including phenoxy) is 1. The molecule has 0 saturated carbocycles. The van der Waals surface area contributed by atoms with Crippen LogP contribution in [0, 0.1) is 5.92 Å². The molecule has 0 aliphatic carbocycles. The molecule has 3 rings (SSSR count). The normalized spacial score (nSPS) is 22.9. The summed E-state index contributed by atoms with van der Waals surface area (Å²) < 4.78 is 5.62. The number of fused-ring (bicyclic) bond motifs is 1. The minimum Gasteiger partial charge on any atom is -0.496 e. The molecule has 0 bridgehead atoms. The summed E-state index contributed by atoms with van der Waals surface area (Å²) in [7, 11) is 3.89. The molecule has 2 aromatic carbocycles. The Morgan fingerprint density at radius 1 is 1.29 bits per heavy atom. The van der Waals surface area contributed by atoms with Crippen molar-refractivity contribution in [3.63, 3.8) is 0 Å². The van der Waals surface area contributed by atoms with E-state index in [1.165, 1.54) is 5.56 Å². The molecule has 1 aliphatic heterocycles. The number of methoxy groups -OCH3 is 1. The number of benzene rings is 2. The van der Waals surface area contributed by atoms with Crippen LogP contribution >= 0.6 is 11.6 Å². The van der Waals surface area contributed by atoms with Crippen molar-refractivity contribution in [3.05, 3.63) is 40.9 Å². The summed E-state index contributed by atoms with van der Waals surface area (Å²) >= 11 is 6.12. The summed E-state index contributed by atoms with van der Waals surface area (Å²) in [6, 6.07) is 10.6. The molecule has 4 heteroatoms. The Bertz CT molecular complexity index is 659. The van der Waals surface area contributed by atoms with Gasteiger partial charge in [0.05, 0.1) is 7.11 Å². The van der Waals surface area contributed by atoms with Crippen LogP contribution < -0.4 is 10.5 Å². The van der Waals surface area contributed by atoms with Gasteiger partial charge >= 0.3 is 0 Å². The number of nitrogens with zero attached hydrogens (tertiary/aromatic N) is 1. The molecule has 2 N–H and O–H groups in total. The van der Waals surface area contributed by atoms with E-state index in [1.807, 2.05) is 18.2 Å². The highest BCUT2D eigenvalue weighted by Crippen LogP contribution is 2.40. The molecule has 0 amide bonds.